The maximum Gasteiger partial charge on any atom is 0.257 e. The zero-order chi connectivity index (χ0) is 22.8. The molecule has 3 N–H and O–H groups in total. The Morgan fingerprint density at radius 3 is 2.50 bits per heavy atom. The molecule has 162 valence electrons. The summed E-state index contributed by atoms with van der Waals surface area (Å²) in [6, 6.07) is 16.9. The SMILES string of the molecule is CCOc1ccc(-c2cc(C(=O)Nc3sc(C)c(C)c3C(N)=O)c3ccccc3n2)cc1. The number of para-hydroxylation sites is 1. The van der Waals surface area contributed by atoms with E-state index in [1.807, 2.05) is 69.3 Å². The van der Waals surface area contributed by atoms with Crippen molar-refractivity contribution in [3.05, 3.63) is 76.2 Å². The van der Waals surface area contributed by atoms with Gasteiger partial charge in [-0.15, -0.1) is 11.3 Å². The van der Waals surface area contributed by atoms with E-state index in [9.17, 15) is 9.59 Å². The van der Waals surface area contributed by atoms with Crippen molar-refractivity contribution in [1.29, 1.82) is 0 Å². The zero-order valence-electron chi connectivity index (χ0n) is 18.1. The molecule has 0 aliphatic rings. The summed E-state index contributed by atoms with van der Waals surface area (Å²) in [5.41, 5.74) is 9.42. The van der Waals surface area contributed by atoms with Crippen LogP contribution in [0, 0.1) is 13.8 Å². The van der Waals surface area contributed by atoms with Crippen molar-refractivity contribution in [3.8, 4) is 17.0 Å². The lowest BCUT2D eigenvalue weighted by Gasteiger charge is -2.11. The fourth-order valence-corrected chi connectivity index (χ4v) is 4.64. The maximum absolute atomic E-state index is 13.3. The number of amides is 2. The first kappa shape index (κ1) is 21.5. The van der Waals surface area contributed by atoms with Gasteiger partial charge in [0.05, 0.1) is 28.9 Å². The second kappa shape index (κ2) is 8.80. The summed E-state index contributed by atoms with van der Waals surface area (Å²) in [6.07, 6.45) is 0. The van der Waals surface area contributed by atoms with Gasteiger partial charge in [-0.2, -0.15) is 0 Å². The van der Waals surface area contributed by atoms with Gasteiger partial charge in [0.15, 0.2) is 0 Å². The van der Waals surface area contributed by atoms with Crippen LogP contribution in [0.3, 0.4) is 0 Å². The van der Waals surface area contributed by atoms with Gasteiger partial charge in [0.2, 0.25) is 0 Å². The van der Waals surface area contributed by atoms with E-state index in [-0.39, 0.29) is 5.91 Å². The summed E-state index contributed by atoms with van der Waals surface area (Å²) in [4.78, 5) is 31.0. The number of thiophene rings is 1. The van der Waals surface area contributed by atoms with Crippen molar-refractivity contribution < 1.29 is 14.3 Å². The highest BCUT2D eigenvalue weighted by molar-refractivity contribution is 7.16. The van der Waals surface area contributed by atoms with Crippen LogP contribution >= 0.6 is 11.3 Å². The molecule has 2 heterocycles. The first-order chi connectivity index (χ1) is 15.4. The molecule has 0 radical (unpaired) electrons. The fraction of sp³-hybridized carbons (Fsp3) is 0.160. The third kappa shape index (κ3) is 4.07. The van der Waals surface area contributed by atoms with Crippen molar-refractivity contribution in [1.82, 2.24) is 4.98 Å². The molecular formula is C25H23N3O3S. The topological polar surface area (TPSA) is 94.3 Å². The molecule has 2 amide bonds. The number of carbonyl (C=O) groups excluding carboxylic acids is 2. The van der Waals surface area contributed by atoms with E-state index in [1.54, 1.807) is 6.07 Å². The summed E-state index contributed by atoms with van der Waals surface area (Å²) in [5, 5.41) is 4.08. The Morgan fingerprint density at radius 1 is 1.09 bits per heavy atom. The molecule has 4 rings (SSSR count). The number of carbonyl (C=O) groups is 2. The molecule has 32 heavy (non-hydrogen) atoms. The summed E-state index contributed by atoms with van der Waals surface area (Å²) in [6.45, 7) is 6.25. The molecule has 7 heteroatoms. The summed E-state index contributed by atoms with van der Waals surface area (Å²) >= 11 is 1.34. The molecule has 2 aromatic heterocycles. The number of nitrogens with two attached hydrogens (primary N) is 1. The molecule has 0 aliphatic carbocycles. The Morgan fingerprint density at radius 2 is 1.81 bits per heavy atom. The van der Waals surface area contributed by atoms with Crippen LogP contribution in [0.5, 0.6) is 5.75 Å². The smallest absolute Gasteiger partial charge is 0.257 e. The second-order valence-electron chi connectivity index (χ2n) is 7.34. The molecule has 0 saturated carbocycles. The van der Waals surface area contributed by atoms with Crippen molar-refractivity contribution in [2.75, 3.05) is 11.9 Å². The number of benzene rings is 2. The molecule has 4 aromatic rings. The van der Waals surface area contributed by atoms with Crippen LogP contribution in [0.2, 0.25) is 0 Å². The van der Waals surface area contributed by atoms with Crippen LogP contribution in [-0.4, -0.2) is 23.4 Å². The van der Waals surface area contributed by atoms with Crippen molar-refractivity contribution in [2.45, 2.75) is 20.8 Å². The van der Waals surface area contributed by atoms with Gasteiger partial charge < -0.3 is 15.8 Å². The highest BCUT2D eigenvalue weighted by Gasteiger charge is 2.21. The Hall–Kier alpha value is -3.71. The van der Waals surface area contributed by atoms with Crippen LogP contribution in [0.4, 0.5) is 5.00 Å². The molecule has 6 nitrogen and oxygen atoms in total. The minimum absolute atomic E-state index is 0.320. The first-order valence-electron chi connectivity index (χ1n) is 10.2. The first-order valence-corrected chi connectivity index (χ1v) is 11.0. The van der Waals surface area contributed by atoms with Crippen molar-refractivity contribution >= 4 is 39.1 Å². The molecule has 2 aromatic carbocycles. The molecule has 0 atom stereocenters. The number of primary amides is 1. The molecule has 0 aliphatic heterocycles. The number of aromatic nitrogens is 1. The number of nitrogens with zero attached hydrogens (tertiary/aromatic N) is 1. The monoisotopic (exact) mass is 445 g/mol. The number of ether oxygens (including phenoxy) is 1. The number of rotatable bonds is 6. The highest BCUT2D eigenvalue weighted by atomic mass is 32.1. The number of aryl methyl sites for hydroxylation is 1. The van der Waals surface area contributed by atoms with Crippen LogP contribution in [-0.2, 0) is 0 Å². The van der Waals surface area contributed by atoms with E-state index < -0.39 is 5.91 Å². The number of anilines is 1. The van der Waals surface area contributed by atoms with Crippen molar-refractivity contribution in [2.24, 2.45) is 5.73 Å². The zero-order valence-corrected chi connectivity index (χ0v) is 18.9. The third-order valence-electron chi connectivity index (χ3n) is 5.28. The largest absolute Gasteiger partial charge is 0.494 e. The quantitative estimate of drug-likeness (QED) is 0.419. The van der Waals surface area contributed by atoms with Gasteiger partial charge >= 0.3 is 0 Å². The Bertz CT molecular complexity index is 1330. The highest BCUT2D eigenvalue weighted by Crippen LogP contribution is 2.33. The number of nitrogens with one attached hydrogen (secondary N) is 1. The van der Waals surface area contributed by atoms with Gasteiger partial charge in [0.25, 0.3) is 11.8 Å². The van der Waals surface area contributed by atoms with Gasteiger partial charge in [-0.1, -0.05) is 18.2 Å². The molecular weight excluding hydrogens is 422 g/mol. The Kier molecular flexibility index (Phi) is 5.92. The predicted molar refractivity (Wildman–Crippen MR) is 129 cm³/mol. The van der Waals surface area contributed by atoms with Gasteiger partial charge in [-0.3, -0.25) is 9.59 Å². The normalized spacial score (nSPS) is 10.8. The third-order valence-corrected chi connectivity index (χ3v) is 6.40. The second-order valence-corrected chi connectivity index (χ2v) is 8.56. The summed E-state index contributed by atoms with van der Waals surface area (Å²) in [5.74, 6) is -0.103. The van der Waals surface area contributed by atoms with Crippen LogP contribution in [0.25, 0.3) is 22.2 Å². The number of hydrogen-bond donors (Lipinski definition) is 2. The minimum Gasteiger partial charge on any atom is -0.494 e. The van der Waals surface area contributed by atoms with E-state index in [2.05, 4.69) is 5.32 Å². The average molecular weight is 446 g/mol. The molecule has 0 unspecified atom stereocenters. The number of hydrogen-bond acceptors (Lipinski definition) is 5. The standard InChI is InChI=1S/C25H23N3O3S/c1-4-31-17-11-9-16(10-12-17)21-13-19(18-7-5-6-8-20(18)27-21)24(30)28-25-22(23(26)29)14(2)15(3)32-25/h5-13H,4H2,1-3H3,(H2,26,29)(H,28,30). The minimum atomic E-state index is -0.559. The van der Waals surface area contributed by atoms with Gasteiger partial charge in [0.1, 0.15) is 10.8 Å². The van der Waals surface area contributed by atoms with E-state index in [0.717, 1.165) is 27.1 Å². The molecule has 0 fully saturated rings. The number of fused-ring (bicyclic) bond motifs is 1. The summed E-state index contributed by atoms with van der Waals surface area (Å²) in [7, 11) is 0. The Balaban J connectivity index is 1.77. The lowest BCUT2D eigenvalue weighted by Crippen LogP contribution is -2.18. The van der Waals surface area contributed by atoms with Crippen LogP contribution in [0.1, 0.15) is 38.1 Å². The van der Waals surface area contributed by atoms with Gasteiger partial charge in [-0.05, 0) is 62.7 Å². The number of pyridine rings is 1. The lowest BCUT2D eigenvalue weighted by molar-refractivity contribution is 0.100. The lowest BCUT2D eigenvalue weighted by atomic mass is 10.0. The summed E-state index contributed by atoms with van der Waals surface area (Å²) < 4.78 is 5.52. The average Bonchev–Trinajstić information content (AvgIpc) is 3.06. The van der Waals surface area contributed by atoms with E-state index in [1.165, 1.54) is 11.3 Å². The predicted octanol–water partition coefficient (Wildman–Crippen LogP) is 5.33. The maximum atomic E-state index is 13.3. The van der Waals surface area contributed by atoms with E-state index in [4.69, 9.17) is 15.5 Å². The van der Waals surface area contributed by atoms with Crippen LogP contribution in [0.15, 0.2) is 54.6 Å². The van der Waals surface area contributed by atoms with Gasteiger partial charge in [-0.25, -0.2) is 4.98 Å². The van der Waals surface area contributed by atoms with E-state index >= 15 is 0 Å². The van der Waals surface area contributed by atoms with E-state index in [0.29, 0.717) is 33.9 Å². The molecule has 0 spiro atoms. The van der Waals surface area contributed by atoms with Gasteiger partial charge in [0, 0.05) is 15.8 Å². The molecule has 0 saturated heterocycles. The molecule has 0 bridgehead atoms. The Labute approximate surface area is 190 Å². The van der Waals surface area contributed by atoms with Crippen molar-refractivity contribution in [3.63, 3.8) is 0 Å². The fourth-order valence-electron chi connectivity index (χ4n) is 3.58. The van der Waals surface area contributed by atoms with Crippen LogP contribution < -0.4 is 15.8 Å².